The number of anilines is 1. The topological polar surface area (TPSA) is 3.24 Å². The molecule has 1 aliphatic heterocycles. The minimum Gasteiger partial charge on any atom is -0.292 e. The van der Waals surface area contributed by atoms with Gasteiger partial charge in [-0.1, -0.05) is 25.1 Å². The molecule has 13 heavy (non-hydrogen) atoms. The lowest BCUT2D eigenvalue weighted by Gasteiger charge is -2.13. The number of hydrogen-bond donors (Lipinski definition) is 0. The van der Waals surface area contributed by atoms with Crippen molar-refractivity contribution in [3.05, 3.63) is 42.1 Å². The van der Waals surface area contributed by atoms with E-state index >= 15 is 0 Å². The van der Waals surface area contributed by atoms with E-state index in [9.17, 15) is 0 Å². The number of nitrogens with zero attached hydrogens (tertiary/aromatic N) is 1. The predicted octanol–water partition coefficient (Wildman–Crippen LogP) is 3.23. The van der Waals surface area contributed by atoms with E-state index in [1.54, 1.807) is 0 Å². The summed E-state index contributed by atoms with van der Waals surface area (Å²) in [6.45, 7) is 2.18. The van der Waals surface area contributed by atoms with E-state index in [0.29, 0.717) is 0 Å². The van der Waals surface area contributed by atoms with E-state index in [1.165, 1.54) is 11.3 Å². The van der Waals surface area contributed by atoms with Gasteiger partial charge in [-0.2, -0.15) is 0 Å². The molecule has 0 atom stereocenters. The normalized spacial score (nSPS) is 15.3. The number of benzene rings is 1. The zero-order chi connectivity index (χ0) is 9.10. The van der Waals surface area contributed by atoms with Crippen LogP contribution >= 0.6 is 11.9 Å². The third-order valence-corrected chi connectivity index (χ3v) is 3.10. The Morgan fingerprint density at radius 3 is 2.62 bits per heavy atom. The summed E-state index contributed by atoms with van der Waals surface area (Å²) in [6.07, 6.45) is 5.42. The molecule has 1 nitrogen and oxygen atoms in total. The molecule has 1 aromatic carbocycles. The van der Waals surface area contributed by atoms with Crippen LogP contribution in [0.15, 0.2) is 36.5 Å². The molecule has 1 aliphatic rings. The van der Waals surface area contributed by atoms with Crippen LogP contribution in [0, 0.1) is 0 Å². The van der Waals surface area contributed by atoms with E-state index in [1.807, 2.05) is 11.9 Å². The van der Waals surface area contributed by atoms with Crippen LogP contribution in [0.1, 0.15) is 12.5 Å². The SMILES string of the molecule is CCc1ccc(N2C=CCS2)cc1. The van der Waals surface area contributed by atoms with Crippen molar-refractivity contribution in [2.24, 2.45) is 0 Å². The second-order valence-corrected chi connectivity index (χ2v) is 4.01. The first-order chi connectivity index (χ1) is 6.40. The highest BCUT2D eigenvalue weighted by molar-refractivity contribution is 8.01. The zero-order valence-electron chi connectivity index (χ0n) is 7.73. The van der Waals surface area contributed by atoms with Crippen LogP contribution in [-0.4, -0.2) is 5.75 Å². The number of hydrogen-bond acceptors (Lipinski definition) is 2. The quantitative estimate of drug-likeness (QED) is 0.660. The smallest absolute Gasteiger partial charge is 0.0518 e. The van der Waals surface area contributed by atoms with Crippen molar-refractivity contribution in [3.63, 3.8) is 0 Å². The van der Waals surface area contributed by atoms with Crippen molar-refractivity contribution in [1.29, 1.82) is 0 Å². The lowest BCUT2D eigenvalue weighted by molar-refractivity contribution is 1.14. The third kappa shape index (κ3) is 1.89. The van der Waals surface area contributed by atoms with Gasteiger partial charge in [-0.3, -0.25) is 4.31 Å². The standard InChI is InChI=1S/C11H13NS/c1-2-10-4-6-11(7-5-10)12-8-3-9-13-12/h3-8H,2,9H2,1H3. The molecule has 2 rings (SSSR count). The van der Waals surface area contributed by atoms with Gasteiger partial charge in [-0.25, -0.2) is 0 Å². The van der Waals surface area contributed by atoms with Crippen LogP contribution in [0.5, 0.6) is 0 Å². The van der Waals surface area contributed by atoms with Crippen molar-refractivity contribution in [2.45, 2.75) is 13.3 Å². The van der Waals surface area contributed by atoms with Crippen molar-refractivity contribution < 1.29 is 0 Å². The Hall–Kier alpha value is -0.890. The lowest BCUT2D eigenvalue weighted by atomic mass is 10.1. The Morgan fingerprint density at radius 2 is 2.08 bits per heavy atom. The molecule has 0 radical (unpaired) electrons. The largest absolute Gasteiger partial charge is 0.292 e. The molecule has 0 fully saturated rings. The van der Waals surface area contributed by atoms with E-state index in [4.69, 9.17) is 0 Å². The Balaban J connectivity index is 2.17. The Labute approximate surface area is 83.6 Å². The van der Waals surface area contributed by atoms with Gasteiger partial charge in [0.15, 0.2) is 0 Å². The van der Waals surface area contributed by atoms with Gasteiger partial charge in [0.2, 0.25) is 0 Å². The van der Waals surface area contributed by atoms with E-state index in [0.717, 1.165) is 12.2 Å². The van der Waals surface area contributed by atoms with Crippen molar-refractivity contribution in [3.8, 4) is 0 Å². The molecular formula is C11H13NS. The van der Waals surface area contributed by atoms with E-state index in [-0.39, 0.29) is 0 Å². The average Bonchev–Trinajstić information content (AvgIpc) is 2.71. The molecule has 0 unspecified atom stereocenters. The highest BCUT2D eigenvalue weighted by atomic mass is 32.2. The molecular weight excluding hydrogens is 178 g/mol. The summed E-state index contributed by atoms with van der Waals surface area (Å²) < 4.78 is 2.21. The first kappa shape index (κ1) is 8.70. The fourth-order valence-corrected chi connectivity index (χ4v) is 2.12. The van der Waals surface area contributed by atoms with Gasteiger partial charge in [0.05, 0.1) is 5.69 Å². The highest BCUT2D eigenvalue weighted by Gasteiger charge is 2.06. The fraction of sp³-hybridized carbons (Fsp3) is 0.273. The Kier molecular flexibility index (Phi) is 2.60. The van der Waals surface area contributed by atoms with Gasteiger partial charge in [-0.05, 0) is 36.1 Å². The zero-order valence-corrected chi connectivity index (χ0v) is 8.55. The molecule has 1 aromatic rings. The summed E-state index contributed by atoms with van der Waals surface area (Å²) in [7, 11) is 0. The Morgan fingerprint density at radius 1 is 1.31 bits per heavy atom. The van der Waals surface area contributed by atoms with Crippen LogP contribution < -0.4 is 4.31 Å². The van der Waals surface area contributed by atoms with Crippen LogP contribution in [0.4, 0.5) is 5.69 Å². The average molecular weight is 191 g/mol. The molecule has 0 N–H and O–H groups in total. The van der Waals surface area contributed by atoms with Gasteiger partial charge in [-0.15, -0.1) is 0 Å². The third-order valence-electron chi connectivity index (χ3n) is 2.15. The molecule has 0 amide bonds. The summed E-state index contributed by atoms with van der Waals surface area (Å²) in [6, 6.07) is 8.76. The van der Waals surface area contributed by atoms with Crippen LogP contribution in [0.2, 0.25) is 0 Å². The molecule has 0 bridgehead atoms. The maximum absolute atomic E-state index is 2.21. The molecule has 0 aliphatic carbocycles. The summed E-state index contributed by atoms with van der Waals surface area (Å²) in [5.74, 6) is 1.09. The first-order valence-corrected chi connectivity index (χ1v) is 5.52. The maximum atomic E-state index is 2.21. The maximum Gasteiger partial charge on any atom is 0.0518 e. The van der Waals surface area contributed by atoms with Gasteiger partial charge >= 0.3 is 0 Å². The predicted molar refractivity (Wildman–Crippen MR) is 59.9 cm³/mol. The number of aryl methyl sites for hydroxylation is 1. The monoisotopic (exact) mass is 191 g/mol. The molecule has 2 heteroatoms. The summed E-state index contributed by atoms with van der Waals surface area (Å²) in [5, 5.41) is 0. The first-order valence-electron chi connectivity index (χ1n) is 4.58. The van der Waals surface area contributed by atoms with E-state index < -0.39 is 0 Å². The second kappa shape index (κ2) is 3.88. The summed E-state index contributed by atoms with van der Waals surface area (Å²) in [5.41, 5.74) is 2.67. The molecule has 0 aromatic heterocycles. The van der Waals surface area contributed by atoms with Crippen molar-refractivity contribution in [2.75, 3.05) is 10.1 Å². The van der Waals surface area contributed by atoms with Crippen molar-refractivity contribution in [1.82, 2.24) is 0 Å². The summed E-state index contributed by atoms with van der Waals surface area (Å²) in [4.78, 5) is 0. The van der Waals surface area contributed by atoms with E-state index in [2.05, 4.69) is 47.8 Å². The molecule has 0 saturated carbocycles. The summed E-state index contributed by atoms with van der Waals surface area (Å²) >= 11 is 1.83. The van der Waals surface area contributed by atoms with Gasteiger partial charge < -0.3 is 0 Å². The van der Waals surface area contributed by atoms with Gasteiger partial charge in [0, 0.05) is 12.0 Å². The lowest BCUT2D eigenvalue weighted by Crippen LogP contribution is -2.00. The molecule has 0 saturated heterocycles. The van der Waals surface area contributed by atoms with Gasteiger partial charge in [0.1, 0.15) is 0 Å². The van der Waals surface area contributed by atoms with Gasteiger partial charge in [0.25, 0.3) is 0 Å². The number of rotatable bonds is 2. The van der Waals surface area contributed by atoms with Crippen LogP contribution in [-0.2, 0) is 6.42 Å². The molecule has 1 heterocycles. The molecule has 68 valence electrons. The highest BCUT2D eigenvalue weighted by Crippen LogP contribution is 2.27. The minimum absolute atomic E-state index is 1.09. The minimum atomic E-state index is 1.09. The molecule has 0 spiro atoms. The van der Waals surface area contributed by atoms with Crippen LogP contribution in [0.3, 0.4) is 0 Å². The Bertz CT molecular complexity index is 302. The fourth-order valence-electron chi connectivity index (χ4n) is 1.34. The van der Waals surface area contributed by atoms with Crippen LogP contribution in [0.25, 0.3) is 0 Å². The van der Waals surface area contributed by atoms with Crippen molar-refractivity contribution >= 4 is 17.6 Å². The second-order valence-electron chi connectivity index (χ2n) is 3.03.